The van der Waals surface area contributed by atoms with Gasteiger partial charge in [0.2, 0.25) is 5.91 Å². The van der Waals surface area contributed by atoms with Gasteiger partial charge in [-0.25, -0.2) is 0 Å². The molecule has 0 radical (unpaired) electrons. The zero-order valence-corrected chi connectivity index (χ0v) is 12.8. The Labute approximate surface area is 127 Å². The van der Waals surface area contributed by atoms with Crippen molar-refractivity contribution in [3.05, 3.63) is 35.4 Å². The number of carbonyl (C=O) groups is 1. The van der Waals surface area contributed by atoms with Crippen molar-refractivity contribution in [3.63, 3.8) is 0 Å². The summed E-state index contributed by atoms with van der Waals surface area (Å²) in [5.41, 5.74) is 2.58. The molecule has 110 valence electrons. The van der Waals surface area contributed by atoms with Gasteiger partial charge in [-0.2, -0.15) is 0 Å². The minimum atomic E-state index is 0. The molecule has 1 aliphatic carbocycles. The summed E-state index contributed by atoms with van der Waals surface area (Å²) in [5.74, 6) is 1.05. The molecule has 1 amide bonds. The van der Waals surface area contributed by atoms with Crippen LogP contribution < -0.4 is 5.32 Å². The number of nitrogens with zero attached hydrogens (tertiary/aromatic N) is 1. The molecular weight excluding hydrogens is 272 g/mol. The largest absolute Gasteiger partial charge is 0.337 e. The quantitative estimate of drug-likeness (QED) is 0.928. The third-order valence-corrected chi connectivity index (χ3v) is 4.21. The van der Waals surface area contributed by atoms with Crippen molar-refractivity contribution in [2.24, 2.45) is 0 Å². The van der Waals surface area contributed by atoms with Gasteiger partial charge in [0, 0.05) is 25.7 Å². The molecule has 1 atom stereocenters. The van der Waals surface area contributed by atoms with Gasteiger partial charge in [-0.3, -0.25) is 4.79 Å². The number of halogens is 1. The fourth-order valence-corrected chi connectivity index (χ4v) is 2.81. The molecule has 2 aliphatic rings. The van der Waals surface area contributed by atoms with Crippen LogP contribution in [0, 0.1) is 0 Å². The normalized spacial score (nSPS) is 22.2. The molecule has 20 heavy (non-hydrogen) atoms. The Balaban J connectivity index is 0.00000147. The second-order valence-corrected chi connectivity index (χ2v) is 5.83. The molecule has 3 nitrogen and oxygen atoms in total. The Morgan fingerprint density at radius 1 is 1.30 bits per heavy atom. The summed E-state index contributed by atoms with van der Waals surface area (Å²) >= 11 is 0. The maximum absolute atomic E-state index is 12.3. The van der Waals surface area contributed by atoms with Crippen LogP contribution in [-0.4, -0.2) is 36.5 Å². The maximum Gasteiger partial charge on any atom is 0.227 e. The van der Waals surface area contributed by atoms with E-state index < -0.39 is 0 Å². The van der Waals surface area contributed by atoms with Crippen LogP contribution in [0.5, 0.6) is 0 Å². The van der Waals surface area contributed by atoms with Crippen LogP contribution in [0.3, 0.4) is 0 Å². The number of nitrogens with one attached hydrogen (secondary N) is 1. The molecule has 1 aromatic carbocycles. The summed E-state index contributed by atoms with van der Waals surface area (Å²) in [4.78, 5) is 14.3. The van der Waals surface area contributed by atoms with E-state index in [-0.39, 0.29) is 18.3 Å². The predicted octanol–water partition coefficient (Wildman–Crippen LogP) is 2.35. The van der Waals surface area contributed by atoms with E-state index in [0.717, 1.165) is 31.1 Å². The number of hydrogen-bond donors (Lipinski definition) is 1. The van der Waals surface area contributed by atoms with E-state index in [9.17, 15) is 4.79 Å². The van der Waals surface area contributed by atoms with E-state index in [0.29, 0.717) is 12.5 Å². The first kappa shape index (κ1) is 15.3. The molecule has 0 unspecified atom stereocenters. The van der Waals surface area contributed by atoms with Gasteiger partial charge < -0.3 is 10.2 Å². The molecule has 1 saturated carbocycles. The molecule has 1 saturated heterocycles. The van der Waals surface area contributed by atoms with Crippen molar-refractivity contribution in [1.82, 2.24) is 10.2 Å². The Bertz CT molecular complexity index is 456. The molecule has 1 aromatic rings. The molecule has 0 spiro atoms. The highest BCUT2D eigenvalue weighted by atomic mass is 35.5. The minimum absolute atomic E-state index is 0. The van der Waals surface area contributed by atoms with Crippen molar-refractivity contribution >= 4 is 18.3 Å². The zero-order valence-electron chi connectivity index (χ0n) is 12.0. The van der Waals surface area contributed by atoms with Crippen molar-refractivity contribution in [2.45, 2.75) is 38.1 Å². The van der Waals surface area contributed by atoms with Gasteiger partial charge >= 0.3 is 0 Å². The van der Waals surface area contributed by atoms with Crippen LogP contribution in [0.2, 0.25) is 0 Å². The molecule has 0 bridgehead atoms. The van der Waals surface area contributed by atoms with E-state index in [1.807, 2.05) is 4.90 Å². The van der Waals surface area contributed by atoms with E-state index >= 15 is 0 Å². The molecule has 1 N–H and O–H groups in total. The Morgan fingerprint density at radius 2 is 2.00 bits per heavy atom. The summed E-state index contributed by atoms with van der Waals surface area (Å²) in [6.07, 6.45) is 3.20. The topological polar surface area (TPSA) is 32.3 Å². The fraction of sp³-hybridized carbons (Fsp3) is 0.562. The number of piperazine rings is 1. The lowest BCUT2D eigenvalue weighted by Crippen LogP contribution is -2.52. The van der Waals surface area contributed by atoms with E-state index in [1.165, 1.54) is 18.4 Å². The van der Waals surface area contributed by atoms with Crippen LogP contribution in [0.25, 0.3) is 0 Å². The van der Waals surface area contributed by atoms with E-state index in [1.54, 1.807) is 0 Å². The molecular formula is C16H23ClN2O. The second kappa shape index (κ2) is 6.59. The first-order valence-electron chi connectivity index (χ1n) is 7.33. The van der Waals surface area contributed by atoms with Gasteiger partial charge in [-0.15, -0.1) is 12.4 Å². The summed E-state index contributed by atoms with van der Waals surface area (Å²) in [6, 6.07) is 8.95. The molecule has 0 aromatic heterocycles. The van der Waals surface area contributed by atoms with Crippen molar-refractivity contribution in [1.29, 1.82) is 0 Å². The van der Waals surface area contributed by atoms with Gasteiger partial charge in [0.15, 0.2) is 0 Å². The highest BCUT2D eigenvalue weighted by molar-refractivity contribution is 5.85. The van der Waals surface area contributed by atoms with Crippen LogP contribution in [-0.2, 0) is 11.2 Å². The van der Waals surface area contributed by atoms with Crippen molar-refractivity contribution < 1.29 is 4.79 Å². The van der Waals surface area contributed by atoms with Crippen LogP contribution in [0.1, 0.15) is 36.8 Å². The number of carbonyl (C=O) groups excluding carboxylic acids is 1. The lowest BCUT2D eigenvalue weighted by atomic mass is 10.0. The number of amides is 1. The highest BCUT2D eigenvalue weighted by Gasteiger charge is 2.24. The van der Waals surface area contributed by atoms with Gasteiger partial charge in [-0.05, 0) is 36.8 Å². The van der Waals surface area contributed by atoms with Crippen molar-refractivity contribution in [3.8, 4) is 0 Å². The third kappa shape index (κ3) is 3.53. The Morgan fingerprint density at radius 3 is 2.60 bits per heavy atom. The highest BCUT2D eigenvalue weighted by Crippen LogP contribution is 2.39. The third-order valence-electron chi connectivity index (χ3n) is 4.21. The van der Waals surface area contributed by atoms with E-state index in [4.69, 9.17) is 0 Å². The Hall–Kier alpha value is -1.06. The van der Waals surface area contributed by atoms with Crippen molar-refractivity contribution in [2.75, 3.05) is 19.6 Å². The summed E-state index contributed by atoms with van der Waals surface area (Å²) < 4.78 is 0. The van der Waals surface area contributed by atoms with Gasteiger partial charge in [-0.1, -0.05) is 24.3 Å². The molecule has 4 heteroatoms. The van der Waals surface area contributed by atoms with Gasteiger partial charge in [0.25, 0.3) is 0 Å². The van der Waals surface area contributed by atoms with Crippen LogP contribution in [0.4, 0.5) is 0 Å². The average molecular weight is 295 g/mol. The summed E-state index contributed by atoms with van der Waals surface area (Å²) in [5, 5.41) is 3.32. The lowest BCUT2D eigenvalue weighted by Gasteiger charge is -2.34. The molecule has 1 aliphatic heterocycles. The summed E-state index contributed by atoms with van der Waals surface area (Å²) in [7, 11) is 0. The second-order valence-electron chi connectivity index (χ2n) is 5.83. The zero-order chi connectivity index (χ0) is 13.2. The predicted molar refractivity (Wildman–Crippen MR) is 83.4 cm³/mol. The average Bonchev–Trinajstić information content (AvgIpc) is 3.24. The minimum Gasteiger partial charge on any atom is -0.337 e. The molecule has 3 rings (SSSR count). The molecule has 2 fully saturated rings. The first-order chi connectivity index (χ1) is 9.24. The van der Waals surface area contributed by atoms with Crippen LogP contribution in [0.15, 0.2) is 24.3 Å². The number of hydrogen-bond acceptors (Lipinski definition) is 2. The lowest BCUT2D eigenvalue weighted by molar-refractivity contribution is -0.133. The van der Waals surface area contributed by atoms with Gasteiger partial charge in [0.1, 0.15) is 0 Å². The standard InChI is InChI=1S/C16H22N2O.ClH/c1-12-11-17-8-9-18(12)16(19)10-13-2-4-14(5-3-13)15-6-7-15;/h2-5,12,15,17H,6-11H2,1H3;1H/t12-;/m1./s1. The van der Waals surface area contributed by atoms with Gasteiger partial charge in [0.05, 0.1) is 6.42 Å². The molecule has 1 heterocycles. The number of rotatable bonds is 3. The van der Waals surface area contributed by atoms with E-state index in [2.05, 4.69) is 36.5 Å². The number of benzene rings is 1. The smallest absolute Gasteiger partial charge is 0.227 e. The first-order valence-corrected chi connectivity index (χ1v) is 7.33. The monoisotopic (exact) mass is 294 g/mol. The Kier molecular flexibility index (Phi) is 5.06. The fourth-order valence-electron chi connectivity index (χ4n) is 2.81. The summed E-state index contributed by atoms with van der Waals surface area (Å²) in [6.45, 7) is 4.77. The SMILES string of the molecule is C[C@@H]1CNCCN1C(=O)Cc1ccc(C2CC2)cc1.Cl. The van der Waals surface area contributed by atoms with Crippen LogP contribution >= 0.6 is 12.4 Å². The maximum atomic E-state index is 12.3.